The molecule has 3 aromatic heterocycles. The lowest BCUT2D eigenvalue weighted by molar-refractivity contribution is -0.351. The Bertz CT molecular complexity index is 1360. The van der Waals surface area contributed by atoms with E-state index in [-0.39, 0.29) is 23.4 Å². The van der Waals surface area contributed by atoms with E-state index >= 15 is 0 Å². The molecule has 1 atom stereocenters. The van der Waals surface area contributed by atoms with Crippen LogP contribution in [0.3, 0.4) is 0 Å². The molecular formula is C21H20FN6O3+. The number of rotatable bonds is 4. The van der Waals surface area contributed by atoms with Crippen LogP contribution in [0.5, 0.6) is 0 Å². The Morgan fingerprint density at radius 2 is 1.97 bits per heavy atom. The Balaban J connectivity index is 1.78. The van der Waals surface area contributed by atoms with Gasteiger partial charge in [-0.15, -0.1) is 9.50 Å². The zero-order chi connectivity index (χ0) is 21.5. The number of halogens is 1. The largest absolute Gasteiger partial charge is 0.411 e. The highest BCUT2D eigenvalue weighted by Gasteiger charge is 2.27. The van der Waals surface area contributed by atoms with Gasteiger partial charge in [0.1, 0.15) is 11.5 Å². The van der Waals surface area contributed by atoms with Gasteiger partial charge < -0.3 is 9.72 Å². The molecule has 31 heavy (non-hydrogen) atoms. The fraction of sp³-hybridized carbons (Fsp3) is 0.238. The maximum absolute atomic E-state index is 13.5. The van der Waals surface area contributed by atoms with Crippen molar-refractivity contribution in [2.24, 2.45) is 0 Å². The van der Waals surface area contributed by atoms with Crippen molar-refractivity contribution in [2.75, 3.05) is 12.3 Å². The van der Waals surface area contributed by atoms with E-state index in [2.05, 4.69) is 15.1 Å². The normalized spacial score (nSPS) is 16.2. The lowest BCUT2D eigenvalue weighted by Gasteiger charge is -2.09. The third-order valence-corrected chi connectivity index (χ3v) is 5.41. The quantitative estimate of drug-likeness (QED) is 0.511. The molecule has 9 nitrogen and oxygen atoms in total. The van der Waals surface area contributed by atoms with Crippen LogP contribution in [0.2, 0.25) is 0 Å². The number of H-pyrrole nitrogens is 2. The zero-order valence-corrected chi connectivity index (χ0v) is 16.5. The van der Waals surface area contributed by atoms with E-state index in [1.165, 1.54) is 33.5 Å². The smallest absolute Gasteiger partial charge is 0.376 e. The minimum absolute atomic E-state index is 0.0825. The molecule has 0 bridgehead atoms. The lowest BCUT2D eigenvalue weighted by atomic mass is 10.0. The van der Waals surface area contributed by atoms with Crippen LogP contribution in [0.25, 0.3) is 28.0 Å². The van der Waals surface area contributed by atoms with E-state index in [4.69, 9.17) is 10.5 Å². The molecule has 4 heterocycles. The number of nitrogens with two attached hydrogens (primary N) is 1. The summed E-state index contributed by atoms with van der Waals surface area (Å²) >= 11 is 0. The predicted octanol–water partition coefficient (Wildman–Crippen LogP) is 1.23. The minimum Gasteiger partial charge on any atom is -0.376 e. The number of benzene rings is 1. The van der Waals surface area contributed by atoms with Gasteiger partial charge in [-0.2, -0.15) is 4.68 Å². The van der Waals surface area contributed by atoms with Crippen molar-refractivity contribution in [3.8, 4) is 22.4 Å². The number of ether oxygens (including phenoxy) is 1. The Morgan fingerprint density at radius 1 is 1.19 bits per heavy atom. The summed E-state index contributed by atoms with van der Waals surface area (Å²) < 4.78 is 21.8. The van der Waals surface area contributed by atoms with Gasteiger partial charge in [-0.25, -0.2) is 14.2 Å². The molecule has 158 valence electrons. The summed E-state index contributed by atoms with van der Waals surface area (Å²) in [5.74, 6) is -0.286. The number of fused-ring (bicyclic) bond motifs is 1. The molecule has 10 heteroatoms. The number of nitrogens with one attached hydrogen (secondary N) is 2. The molecule has 5 rings (SSSR count). The van der Waals surface area contributed by atoms with Gasteiger partial charge in [0.2, 0.25) is 11.2 Å². The van der Waals surface area contributed by atoms with Crippen molar-refractivity contribution in [3.05, 3.63) is 69.3 Å². The first kappa shape index (κ1) is 19.2. The summed E-state index contributed by atoms with van der Waals surface area (Å²) in [5.41, 5.74) is 8.25. The second-order valence-corrected chi connectivity index (χ2v) is 7.47. The number of pyridine rings is 1. The maximum Gasteiger partial charge on any atom is 0.411 e. The first-order valence-electron chi connectivity index (χ1n) is 9.92. The Kier molecular flexibility index (Phi) is 4.63. The van der Waals surface area contributed by atoms with Gasteiger partial charge in [0.05, 0.1) is 18.2 Å². The molecule has 1 aromatic carbocycles. The molecule has 4 aromatic rings. The van der Waals surface area contributed by atoms with Crippen molar-refractivity contribution in [2.45, 2.75) is 25.5 Å². The topological polar surface area (TPSA) is 122 Å². The average molecular weight is 423 g/mol. The van der Waals surface area contributed by atoms with Gasteiger partial charge in [-0.1, -0.05) is 0 Å². The molecule has 0 unspecified atom stereocenters. The zero-order valence-electron chi connectivity index (χ0n) is 16.5. The highest BCUT2D eigenvalue weighted by Crippen LogP contribution is 2.31. The van der Waals surface area contributed by atoms with E-state index in [9.17, 15) is 14.0 Å². The van der Waals surface area contributed by atoms with Crippen molar-refractivity contribution < 1.29 is 14.1 Å². The number of hydrogen-bond acceptors (Lipinski definition) is 5. The predicted molar refractivity (Wildman–Crippen MR) is 111 cm³/mol. The van der Waals surface area contributed by atoms with Crippen LogP contribution in [0, 0.1) is 5.82 Å². The van der Waals surface area contributed by atoms with Crippen LogP contribution in [0.1, 0.15) is 12.8 Å². The molecule has 1 fully saturated rings. The Hall–Kier alpha value is -3.79. The molecule has 1 aliphatic rings. The molecule has 0 amide bonds. The monoisotopic (exact) mass is 423 g/mol. The molecule has 0 spiro atoms. The summed E-state index contributed by atoms with van der Waals surface area (Å²) in [6.45, 7) is 0.983. The standard InChI is InChI=1S/C21H19FN6O3/c22-14-6-3-12(4-7-14)18-17(13-5-8-16(29)24-10-13)19-26-27(11-15-2-1-9-31-15)21(30)28(19)20(23)25-18/h3-8,10,15H,1-2,9,11H2,(H2,23,25)(H,24,29)/p+1/t15-/m1/s1. The van der Waals surface area contributed by atoms with Crippen LogP contribution >= 0.6 is 0 Å². The third-order valence-electron chi connectivity index (χ3n) is 5.41. The third kappa shape index (κ3) is 3.40. The molecular weight excluding hydrogens is 403 g/mol. The Labute approximate surface area is 174 Å². The molecule has 4 N–H and O–H groups in total. The fourth-order valence-electron chi connectivity index (χ4n) is 3.92. The molecule has 0 radical (unpaired) electrons. The summed E-state index contributed by atoms with van der Waals surface area (Å²) in [6, 6.07) is 8.90. The second-order valence-electron chi connectivity index (χ2n) is 7.47. The van der Waals surface area contributed by atoms with Crippen LogP contribution in [-0.4, -0.2) is 31.9 Å². The number of nitrogens with zero attached hydrogens (tertiary/aromatic N) is 3. The van der Waals surface area contributed by atoms with Crippen LogP contribution in [0.4, 0.5) is 10.3 Å². The van der Waals surface area contributed by atoms with Crippen LogP contribution in [0.15, 0.2) is 52.2 Å². The summed E-state index contributed by atoms with van der Waals surface area (Å²) in [6.07, 6.45) is 3.26. The van der Waals surface area contributed by atoms with E-state index in [1.54, 1.807) is 18.2 Å². The van der Waals surface area contributed by atoms with Crippen molar-refractivity contribution in [1.29, 1.82) is 0 Å². The number of nitrogen functional groups attached to an aromatic ring is 1. The fourth-order valence-corrected chi connectivity index (χ4v) is 3.92. The first-order valence-corrected chi connectivity index (χ1v) is 9.92. The first-order chi connectivity index (χ1) is 15.0. The highest BCUT2D eigenvalue weighted by molar-refractivity contribution is 5.88. The average Bonchev–Trinajstić information content (AvgIpc) is 3.38. The minimum atomic E-state index is -0.393. The highest BCUT2D eigenvalue weighted by atomic mass is 19.1. The number of aromatic amines is 2. The van der Waals surface area contributed by atoms with Crippen LogP contribution in [-0.2, 0) is 11.3 Å². The van der Waals surface area contributed by atoms with E-state index in [1.807, 2.05) is 0 Å². The molecule has 0 saturated carbocycles. The molecule has 1 aliphatic heterocycles. The molecule has 1 saturated heterocycles. The SMILES string of the molecule is Nc1[nH+]c(-c2ccc(F)cc2)c(-c2ccc(=O)[nH]c2)c2nn(C[C@H]3CCCO3)c(=O)n12. The van der Waals surface area contributed by atoms with E-state index in [0.717, 1.165) is 12.8 Å². The van der Waals surface area contributed by atoms with Gasteiger partial charge in [-0.05, 0) is 43.2 Å². The van der Waals surface area contributed by atoms with E-state index < -0.39 is 5.69 Å². The summed E-state index contributed by atoms with van der Waals surface area (Å²) in [7, 11) is 0. The molecule has 0 aliphatic carbocycles. The maximum atomic E-state index is 13.5. The van der Waals surface area contributed by atoms with Gasteiger partial charge in [0.15, 0.2) is 0 Å². The lowest BCUT2D eigenvalue weighted by Crippen LogP contribution is -2.30. The van der Waals surface area contributed by atoms with E-state index in [0.29, 0.717) is 41.2 Å². The number of hydrogen-bond donors (Lipinski definition) is 2. The summed E-state index contributed by atoms with van der Waals surface area (Å²) in [4.78, 5) is 30.4. The van der Waals surface area contributed by atoms with Gasteiger partial charge >= 0.3 is 11.6 Å². The van der Waals surface area contributed by atoms with Crippen molar-refractivity contribution >= 4 is 11.6 Å². The Morgan fingerprint density at radius 3 is 2.65 bits per heavy atom. The summed E-state index contributed by atoms with van der Waals surface area (Å²) in [5, 5.41) is 4.56. The van der Waals surface area contributed by atoms with Crippen molar-refractivity contribution in [1.82, 2.24) is 19.2 Å². The number of aromatic nitrogens is 5. The second kappa shape index (κ2) is 7.47. The van der Waals surface area contributed by atoms with Gasteiger partial charge in [0, 0.05) is 30.0 Å². The van der Waals surface area contributed by atoms with Crippen molar-refractivity contribution in [3.63, 3.8) is 0 Å². The van der Waals surface area contributed by atoms with Crippen LogP contribution < -0.4 is 22.0 Å². The number of anilines is 1. The van der Waals surface area contributed by atoms with Gasteiger partial charge in [0.25, 0.3) is 0 Å². The van der Waals surface area contributed by atoms with Gasteiger partial charge in [-0.3, -0.25) is 10.5 Å².